The highest BCUT2D eigenvalue weighted by atomic mass is 32.1. The summed E-state index contributed by atoms with van der Waals surface area (Å²) in [6.07, 6.45) is 1.86. The van der Waals surface area contributed by atoms with Crippen molar-refractivity contribution in [3.05, 3.63) is 75.3 Å². The lowest BCUT2D eigenvalue weighted by molar-refractivity contribution is 0.302. The Morgan fingerprint density at radius 1 is 1.11 bits per heavy atom. The van der Waals surface area contributed by atoms with Crippen molar-refractivity contribution in [2.45, 2.75) is 20.5 Å². The van der Waals surface area contributed by atoms with Crippen LogP contribution in [0.4, 0.5) is 0 Å². The normalized spacial score (nSPS) is 11.0. The third kappa shape index (κ3) is 3.34. The maximum atomic E-state index is 12.3. The number of aryl methyl sites for hydroxylation is 3. The summed E-state index contributed by atoms with van der Waals surface area (Å²) in [5, 5.41) is 7.76. The Morgan fingerprint density at radius 2 is 1.96 bits per heavy atom. The molecule has 28 heavy (non-hydrogen) atoms. The van der Waals surface area contributed by atoms with E-state index in [0.29, 0.717) is 12.3 Å². The second kappa shape index (κ2) is 7.40. The van der Waals surface area contributed by atoms with Crippen LogP contribution in [0.25, 0.3) is 16.1 Å². The van der Waals surface area contributed by atoms with Gasteiger partial charge in [-0.3, -0.25) is 4.98 Å². The zero-order valence-corrected chi connectivity index (χ0v) is 16.6. The Morgan fingerprint density at radius 3 is 2.64 bits per heavy atom. The molecule has 0 radical (unpaired) electrons. The SMILES string of the molecule is Cc1cc(-c2cncs2)ccc1OCc1c(C)cccc1-n1nnn(C)c1=O. The van der Waals surface area contributed by atoms with Gasteiger partial charge in [-0.1, -0.05) is 12.1 Å². The summed E-state index contributed by atoms with van der Waals surface area (Å²) >= 11 is 1.61. The van der Waals surface area contributed by atoms with E-state index < -0.39 is 0 Å². The highest BCUT2D eigenvalue weighted by molar-refractivity contribution is 7.13. The van der Waals surface area contributed by atoms with Gasteiger partial charge in [-0.15, -0.1) is 11.3 Å². The summed E-state index contributed by atoms with van der Waals surface area (Å²) in [4.78, 5) is 17.5. The van der Waals surface area contributed by atoms with Gasteiger partial charge in [-0.05, 0) is 65.2 Å². The summed E-state index contributed by atoms with van der Waals surface area (Å²) in [6, 6.07) is 11.8. The zero-order chi connectivity index (χ0) is 19.7. The van der Waals surface area contributed by atoms with E-state index in [4.69, 9.17) is 4.74 Å². The number of ether oxygens (including phenoxy) is 1. The minimum atomic E-state index is -0.294. The van der Waals surface area contributed by atoms with Gasteiger partial charge in [0.05, 0.1) is 16.1 Å². The molecule has 0 saturated heterocycles. The van der Waals surface area contributed by atoms with E-state index >= 15 is 0 Å². The fourth-order valence-corrected chi connectivity index (χ4v) is 3.63. The largest absolute Gasteiger partial charge is 0.489 e. The van der Waals surface area contributed by atoms with Crippen molar-refractivity contribution in [2.24, 2.45) is 7.05 Å². The molecule has 0 fully saturated rings. The first-order valence-corrected chi connectivity index (χ1v) is 9.63. The van der Waals surface area contributed by atoms with Crippen molar-refractivity contribution >= 4 is 11.3 Å². The van der Waals surface area contributed by atoms with Crippen LogP contribution in [0.5, 0.6) is 5.75 Å². The molecule has 0 aliphatic carbocycles. The van der Waals surface area contributed by atoms with E-state index in [1.54, 1.807) is 18.4 Å². The topological polar surface area (TPSA) is 74.8 Å². The molecule has 4 aromatic rings. The summed E-state index contributed by atoms with van der Waals surface area (Å²) in [5.74, 6) is 0.800. The number of nitrogens with zero attached hydrogens (tertiary/aromatic N) is 5. The minimum absolute atomic E-state index is 0.294. The third-order valence-electron chi connectivity index (χ3n) is 4.60. The van der Waals surface area contributed by atoms with Crippen LogP contribution >= 0.6 is 11.3 Å². The predicted octanol–water partition coefficient (Wildman–Crippen LogP) is 3.29. The molecule has 0 aliphatic heterocycles. The van der Waals surface area contributed by atoms with Gasteiger partial charge >= 0.3 is 5.69 Å². The maximum absolute atomic E-state index is 12.3. The Hall–Kier alpha value is -3.26. The molecule has 2 aromatic carbocycles. The fourth-order valence-electron chi connectivity index (χ4n) is 3.01. The van der Waals surface area contributed by atoms with Crippen LogP contribution in [0.15, 0.2) is 52.9 Å². The van der Waals surface area contributed by atoms with E-state index in [1.807, 2.05) is 55.9 Å². The molecular formula is C20H19N5O2S. The monoisotopic (exact) mass is 393 g/mol. The van der Waals surface area contributed by atoms with Crippen LogP contribution in [0.1, 0.15) is 16.7 Å². The molecule has 142 valence electrons. The smallest absolute Gasteiger partial charge is 0.368 e. The first-order valence-electron chi connectivity index (χ1n) is 8.75. The van der Waals surface area contributed by atoms with Crippen molar-refractivity contribution in [1.29, 1.82) is 0 Å². The van der Waals surface area contributed by atoms with Crippen LogP contribution in [0.2, 0.25) is 0 Å². The Labute approximate surface area is 165 Å². The highest BCUT2D eigenvalue weighted by Crippen LogP contribution is 2.29. The summed E-state index contributed by atoms with van der Waals surface area (Å²) in [7, 11) is 1.58. The second-order valence-corrected chi connectivity index (χ2v) is 7.39. The van der Waals surface area contributed by atoms with Gasteiger partial charge in [0.15, 0.2) is 0 Å². The number of rotatable bonds is 5. The first kappa shape index (κ1) is 18.1. The molecule has 0 unspecified atom stereocenters. The maximum Gasteiger partial charge on any atom is 0.368 e. The lowest BCUT2D eigenvalue weighted by Crippen LogP contribution is -2.23. The molecule has 2 aromatic heterocycles. The lowest BCUT2D eigenvalue weighted by Gasteiger charge is -2.14. The van der Waals surface area contributed by atoms with Gasteiger partial charge < -0.3 is 4.74 Å². The van der Waals surface area contributed by atoms with E-state index in [1.165, 1.54) is 9.36 Å². The standard InChI is InChI=1S/C20H19N5O2S/c1-13-5-4-6-17(25-20(26)24(3)22-23-25)16(13)11-27-18-8-7-15(9-14(18)2)19-10-21-12-28-19/h4-10,12H,11H2,1-3H3. The lowest BCUT2D eigenvalue weighted by atomic mass is 10.1. The van der Waals surface area contributed by atoms with E-state index in [-0.39, 0.29) is 5.69 Å². The molecule has 2 heterocycles. The quantitative estimate of drug-likeness (QED) is 0.520. The van der Waals surface area contributed by atoms with E-state index in [9.17, 15) is 4.79 Å². The molecule has 8 heteroatoms. The Bertz CT molecular complexity index is 1180. The van der Waals surface area contributed by atoms with Gasteiger partial charge in [0.25, 0.3) is 0 Å². The van der Waals surface area contributed by atoms with Crippen molar-refractivity contribution in [3.8, 4) is 21.9 Å². The number of hydrogen-bond donors (Lipinski definition) is 0. The van der Waals surface area contributed by atoms with Crippen molar-refractivity contribution in [1.82, 2.24) is 24.8 Å². The number of aromatic nitrogens is 5. The van der Waals surface area contributed by atoms with Crippen LogP contribution in [-0.2, 0) is 13.7 Å². The van der Waals surface area contributed by atoms with Crippen LogP contribution < -0.4 is 10.4 Å². The fraction of sp³-hybridized carbons (Fsp3) is 0.200. The molecule has 4 rings (SSSR count). The summed E-state index contributed by atoms with van der Waals surface area (Å²) < 4.78 is 8.60. The average Bonchev–Trinajstić information content (AvgIpc) is 3.33. The van der Waals surface area contributed by atoms with Crippen molar-refractivity contribution in [3.63, 3.8) is 0 Å². The summed E-state index contributed by atoms with van der Waals surface area (Å²) in [6.45, 7) is 4.33. The third-order valence-corrected chi connectivity index (χ3v) is 5.42. The van der Waals surface area contributed by atoms with Gasteiger partial charge in [0.2, 0.25) is 0 Å². The number of hydrogen-bond acceptors (Lipinski definition) is 6. The number of benzene rings is 2. The minimum Gasteiger partial charge on any atom is -0.489 e. The molecule has 0 saturated carbocycles. The van der Waals surface area contributed by atoms with Crippen LogP contribution in [0, 0.1) is 13.8 Å². The number of thiazole rings is 1. The Kier molecular flexibility index (Phi) is 4.79. The molecule has 0 atom stereocenters. The molecule has 0 amide bonds. The molecule has 7 nitrogen and oxygen atoms in total. The van der Waals surface area contributed by atoms with Crippen LogP contribution in [0.3, 0.4) is 0 Å². The molecule has 0 spiro atoms. The molecule has 0 aliphatic rings. The van der Waals surface area contributed by atoms with Crippen LogP contribution in [-0.4, -0.2) is 24.8 Å². The predicted molar refractivity (Wildman–Crippen MR) is 108 cm³/mol. The van der Waals surface area contributed by atoms with E-state index in [0.717, 1.165) is 32.9 Å². The van der Waals surface area contributed by atoms with Gasteiger partial charge in [-0.25, -0.2) is 4.79 Å². The van der Waals surface area contributed by atoms with Gasteiger partial charge in [0, 0.05) is 18.8 Å². The Balaban J connectivity index is 1.62. The summed E-state index contributed by atoms with van der Waals surface area (Å²) in [5.41, 5.74) is 6.29. The van der Waals surface area contributed by atoms with Gasteiger partial charge in [-0.2, -0.15) is 9.36 Å². The zero-order valence-electron chi connectivity index (χ0n) is 15.8. The second-order valence-electron chi connectivity index (χ2n) is 6.50. The first-order chi connectivity index (χ1) is 13.5. The average molecular weight is 393 g/mol. The highest BCUT2D eigenvalue weighted by Gasteiger charge is 2.14. The van der Waals surface area contributed by atoms with E-state index in [2.05, 4.69) is 21.5 Å². The van der Waals surface area contributed by atoms with Crippen molar-refractivity contribution < 1.29 is 4.74 Å². The number of tetrazole rings is 1. The van der Waals surface area contributed by atoms with Crippen molar-refractivity contribution in [2.75, 3.05) is 0 Å². The molecular weight excluding hydrogens is 374 g/mol. The molecule has 0 bridgehead atoms. The molecule has 0 N–H and O–H groups in total. The van der Waals surface area contributed by atoms with Gasteiger partial charge in [0.1, 0.15) is 12.4 Å².